The largest absolute Gasteiger partial charge is 0.340 e. The van der Waals surface area contributed by atoms with E-state index in [1.807, 2.05) is 24.9 Å². The van der Waals surface area contributed by atoms with Gasteiger partial charge in [-0.05, 0) is 60.9 Å². The number of nitrogens with one attached hydrogen (secondary N) is 1. The number of benzene rings is 2. The quantitative estimate of drug-likeness (QED) is 0.452. The van der Waals surface area contributed by atoms with Crippen LogP contribution in [0.2, 0.25) is 0 Å². The zero-order chi connectivity index (χ0) is 24.0. The number of nitrogens with zero attached hydrogens (tertiary/aromatic N) is 2. The fraction of sp³-hybridized carbons (Fsp3) is 0.448. The van der Waals surface area contributed by atoms with Gasteiger partial charge in [0.15, 0.2) is 0 Å². The summed E-state index contributed by atoms with van der Waals surface area (Å²) in [4.78, 5) is 22.8. The van der Waals surface area contributed by atoms with Crippen LogP contribution in [0.5, 0.6) is 0 Å². The zero-order valence-corrected chi connectivity index (χ0v) is 21.1. The van der Waals surface area contributed by atoms with Crippen LogP contribution in [0.1, 0.15) is 76.4 Å². The van der Waals surface area contributed by atoms with E-state index in [1.54, 1.807) is 0 Å². The Labute approximate surface area is 199 Å². The molecular weight excluding hydrogens is 406 g/mol. The highest BCUT2D eigenvalue weighted by Gasteiger charge is 2.31. The van der Waals surface area contributed by atoms with Crippen LogP contribution in [-0.2, 0) is 4.79 Å². The fourth-order valence-corrected chi connectivity index (χ4v) is 4.36. The molecule has 1 fully saturated rings. The molecule has 0 aliphatic carbocycles. The molecule has 1 saturated heterocycles. The zero-order valence-electron chi connectivity index (χ0n) is 21.1. The number of hydrogen-bond donors (Lipinski definition) is 1. The molecule has 4 nitrogen and oxygen atoms in total. The van der Waals surface area contributed by atoms with Gasteiger partial charge in [0.05, 0.1) is 17.9 Å². The van der Waals surface area contributed by atoms with Gasteiger partial charge < -0.3 is 9.88 Å². The lowest BCUT2D eigenvalue weighted by molar-refractivity contribution is -0.138. The number of aromatic amines is 1. The summed E-state index contributed by atoms with van der Waals surface area (Å²) >= 11 is 0. The summed E-state index contributed by atoms with van der Waals surface area (Å²) in [7, 11) is 0. The number of piperidine rings is 1. The second kappa shape index (κ2) is 11.3. The molecule has 1 aliphatic rings. The van der Waals surface area contributed by atoms with E-state index in [4.69, 9.17) is 0 Å². The first-order chi connectivity index (χ1) is 15.9. The Hall–Kier alpha value is -2.88. The first-order valence-corrected chi connectivity index (χ1v) is 12.4. The number of imidazole rings is 1. The second-order valence-electron chi connectivity index (χ2n) is 9.41. The highest BCUT2D eigenvalue weighted by molar-refractivity contribution is 5.78. The van der Waals surface area contributed by atoms with Crippen LogP contribution < -0.4 is 0 Å². The standard InChI is InChI=1S/C26H31N3O.C3H8/c1-17(2)26(30)29-15-6-5-10-24(29)25-27-16-23(28-25)21-13-11-20(12-14-21)22-9-7-8-18(3)19(22)4;1-3-2/h7-9,11-14,16-17,24H,5-6,10,15H2,1-4H3,(H,27,28);3H2,1-2H3. The van der Waals surface area contributed by atoms with E-state index in [0.717, 1.165) is 42.9 Å². The third kappa shape index (κ3) is 5.73. The molecule has 2 heterocycles. The molecule has 0 saturated carbocycles. The molecule has 33 heavy (non-hydrogen) atoms. The Morgan fingerprint density at radius 3 is 2.39 bits per heavy atom. The normalized spacial score (nSPS) is 15.8. The van der Waals surface area contributed by atoms with Crippen LogP contribution in [0.15, 0.2) is 48.7 Å². The predicted molar refractivity (Wildman–Crippen MR) is 138 cm³/mol. The van der Waals surface area contributed by atoms with Crippen molar-refractivity contribution < 1.29 is 4.79 Å². The van der Waals surface area contributed by atoms with Crippen molar-refractivity contribution in [3.63, 3.8) is 0 Å². The summed E-state index contributed by atoms with van der Waals surface area (Å²) in [5.41, 5.74) is 7.24. The predicted octanol–water partition coefficient (Wildman–Crippen LogP) is 7.49. The lowest BCUT2D eigenvalue weighted by atomic mass is 9.96. The molecular formula is C29H39N3O. The number of hydrogen-bond acceptors (Lipinski definition) is 2. The molecule has 3 aromatic rings. The van der Waals surface area contributed by atoms with Crippen molar-refractivity contribution in [1.82, 2.24) is 14.9 Å². The highest BCUT2D eigenvalue weighted by Crippen LogP contribution is 2.32. The van der Waals surface area contributed by atoms with Crippen molar-refractivity contribution in [1.29, 1.82) is 0 Å². The number of amides is 1. The second-order valence-corrected chi connectivity index (χ2v) is 9.41. The summed E-state index contributed by atoms with van der Waals surface area (Å²) in [6.45, 7) is 13.3. The maximum Gasteiger partial charge on any atom is 0.225 e. The van der Waals surface area contributed by atoms with E-state index in [9.17, 15) is 4.79 Å². The third-order valence-corrected chi connectivity index (χ3v) is 6.30. The van der Waals surface area contributed by atoms with Crippen LogP contribution in [0, 0.1) is 19.8 Å². The first kappa shape index (κ1) is 24.8. The summed E-state index contributed by atoms with van der Waals surface area (Å²) < 4.78 is 0. The molecule has 2 aromatic carbocycles. The Kier molecular flexibility index (Phi) is 8.49. The molecule has 1 unspecified atom stereocenters. The van der Waals surface area contributed by atoms with Gasteiger partial charge in [0.2, 0.25) is 5.91 Å². The lowest BCUT2D eigenvalue weighted by Crippen LogP contribution is -2.41. The van der Waals surface area contributed by atoms with Crippen LogP contribution in [0.4, 0.5) is 0 Å². The molecule has 0 spiro atoms. The summed E-state index contributed by atoms with van der Waals surface area (Å²) in [6.07, 6.45) is 6.32. The van der Waals surface area contributed by atoms with Crippen LogP contribution in [0.25, 0.3) is 22.4 Å². The van der Waals surface area contributed by atoms with Gasteiger partial charge in [-0.2, -0.15) is 0 Å². The topological polar surface area (TPSA) is 49.0 Å². The summed E-state index contributed by atoms with van der Waals surface area (Å²) in [5, 5.41) is 0. The average Bonchev–Trinajstić information content (AvgIpc) is 3.31. The van der Waals surface area contributed by atoms with Crippen LogP contribution >= 0.6 is 0 Å². The van der Waals surface area contributed by atoms with E-state index in [0.29, 0.717) is 0 Å². The van der Waals surface area contributed by atoms with Crippen molar-refractivity contribution in [2.24, 2.45) is 5.92 Å². The number of aryl methyl sites for hydroxylation is 1. The SMILES string of the molecule is CCC.Cc1cccc(-c2ccc(-c3cnc(C4CCCCN4C(=O)C(C)C)[nH]3)cc2)c1C. The van der Waals surface area contributed by atoms with Gasteiger partial charge >= 0.3 is 0 Å². The molecule has 4 heteroatoms. The molecule has 1 aromatic heterocycles. The molecule has 4 rings (SSSR count). The Bertz CT molecular complexity index is 1050. The van der Waals surface area contributed by atoms with Gasteiger partial charge in [-0.25, -0.2) is 4.98 Å². The average molecular weight is 446 g/mol. The van der Waals surface area contributed by atoms with E-state index in [2.05, 4.69) is 80.1 Å². The third-order valence-electron chi connectivity index (χ3n) is 6.30. The minimum Gasteiger partial charge on any atom is -0.340 e. The molecule has 1 atom stereocenters. The number of aromatic nitrogens is 2. The molecule has 1 N–H and O–H groups in total. The first-order valence-electron chi connectivity index (χ1n) is 12.4. The van der Waals surface area contributed by atoms with E-state index < -0.39 is 0 Å². The van der Waals surface area contributed by atoms with Crippen molar-refractivity contribution in [3.05, 3.63) is 65.6 Å². The molecule has 0 bridgehead atoms. The lowest BCUT2D eigenvalue weighted by Gasteiger charge is -2.35. The molecule has 1 aliphatic heterocycles. The molecule has 0 radical (unpaired) electrons. The van der Waals surface area contributed by atoms with E-state index in [-0.39, 0.29) is 17.9 Å². The minimum atomic E-state index is 0.0117. The van der Waals surface area contributed by atoms with E-state index in [1.165, 1.54) is 28.7 Å². The number of rotatable bonds is 4. The Morgan fingerprint density at radius 1 is 1.06 bits per heavy atom. The van der Waals surface area contributed by atoms with Gasteiger partial charge in [0.25, 0.3) is 0 Å². The minimum absolute atomic E-state index is 0.0117. The Morgan fingerprint density at radius 2 is 1.73 bits per heavy atom. The fourth-order valence-electron chi connectivity index (χ4n) is 4.36. The number of H-pyrrole nitrogens is 1. The van der Waals surface area contributed by atoms with Gasteiger partial charge in [0, 0.05) is 12.5 Å². The molecule has 176 valence electrons. The van der Waals surface area contributed by atoms with E-state index >= 15 is 0 Å². The smallest absolute Gasteiger partial charge is 0.225 e. The summed E-state index contributed by atoms with van der Waals surface area (Å²) in [6, 6.07) is 15.1. The summed E-state index contributed by atoms with van der Waals surface area (Å²) in [5.74, 6) is 1.13. The van der Waals surface area contributed by atoms with Crippen molar-refractivity contribution in [3.8, 4) is 22.4 Å². The number of carbonyl (C=O) groups excluding carboxylic acids is 1. The van der Waals surface area contributed by atoms with Crippen molar-refractivity contribution in [2.75, 3.05) is 6.54 Å². The Balaban J connectivity index is 0.000000968. The van der Waals surface area contributed by atoms with Crippen molar-refractivity contribution in [2.45, 2.75) is 73.3 Å². The van der Waals surface area contributed by atoms with Crippen LogP contribution in [-0.4, -0.2) is 27.3 Å². The highest BCUT2D eigenvalue weighted by atomic mass is 16.2. The van der Waals surface area contributed by atoms with Gasteiger partial charge in [-0.3, -0.25) is 4.79 Å². The maximum absolute atomic E-state index is 12.7. The van der Waals surface area contributed by atoms with Gasteiger partial charge in [-0.15, -0.1) is 0 Å². The number of likely N-dealkylation sites (tertiary alicyclic amines) is 1. The van der Waals surface area contributed by atoms with Crippen LogP contribution in [0.3, 0.4) is 0 Å². The molecule has 1 amide bonds. The van der Waals surface area contributed by atoms with Crippen molar-refractivity contribution >= 4 is 5.91 Å². The maximum atomic E-state index is 12.7. The monoisotopic (exact) mass is 445 g/mol. The van der Waals surface area contributed by atoms with Gasteiger partial charge in [-0.1, -0.05) is 76.6 Å². The van der Waals surface area contributed by atoms with Gasteiger partial charge in [0.1, 0.15) is 5.82 Å². The number of carbonyl (C=O) groups is 1.